The van der Waals surface area contributed by atoms with Crippen LogP contribution in [0, 0.1) is 0 Å². The molecular weight excluding hydrogens is 689 g/mol. The zero-order chi connectivity index (χ0) is 37.0. The van der Waals surface area contributed by atoms with Crippen LogP contribution >= 0.6 is 0 Å². The molecule has 5 heterocycles. The SMILES string of the molecule is c1ccc(-c2nc(-c3ccccc3)nc(-c3ccnc4c3oc3c(-n5c6ccc(C7CCCCC7)cc6c6cc(C7CCCCC7)ccc65)ccnc34)n2)cc1. The van der Waals surface area contributed by atoms with Crippen LogP contribution in [0.5, 0.6) is 0 Å². The van der Waals surface area contributed by atoms with Crippen molar-refractivity contribution in [2.24, 2.45) is 0 Å². The summed E-state index contributed by atoms with van der Waals surface area (Å²) in [5.41, 5.74) is 11.5. The van der Waals surface area contributed by atoms with Gasteiger partial charge < -0.3 is 8.98 Å². The Labute approximate surface area is 325 Å². The highest BCUT2D eigenvalue weighted by molar-refractivity contribution is 6.12. The zero-order valence-electron chi connectivity index (χ0n) is 31.4. The quantitative estimate of drug-likeness (QED) is 0.169. The van der Waals surface area contributed by atoms with E-state index in [1.807, 2.05) is 72.9 Å². The van der Waals surface area contributed by atoms with Gasteiger partial charge in [0.25, 0.3) is 0 Å². The molecule has 5 aromatic heterocycles. The number of aromatic nitrogens is 6. The van der Waals surface area contributed by atoms with Gasteiger partial charge in [-0.1, -0.05) is 111 Å². The largest absolute Gasteiger partial charge is 0.450 e. The number of benzene rings is 4. The molecule has 2 aliphatic rings. The average molecular weight is 731 g/mol. The molecule has 0 saturated heterocycles. The van der Waals surface area contributed by atoms with Crippen molar-refractivity contribution in [3.05, 3.63) is 133 Å². The minimum absolute atomic E-state index is 0.521. The summed E-state index contributed by atoms with van der Waals surface area (Å²) in [6, 6.07) is 38.6. The number of nitrogens with zero attached hydrogens (tertiary/aromatic N) is 6. The lowest BCUT2D eigenvalue weighted by Gasteiger charge is -2.22. The smallest absolute Gasteiger partial charge is 0.179 e. The van der Waals surface area contributed by atoms with Crippen LogP contribution in [0.2, 0.25) is 0 Å². The second-order valence-electron chi connectivity index (χ2n) is 15.7. The van der Waals surface area contributed by atoms with E-state index in [-0.39, 0.29) is 0 Å². The van der Waals surface area contributed by atoms with Gasteiger partial charge in [0.2, 0.25) is 0 Å². The Morgan fingerprint density at radius 2 is 0.982 bits per heavy atom. The Hall–Kier alpha value is -6.21. The van der Waals surface area contributed by atoms with Gasteiger partial charge in [-0.15, -0.1) is 0 Å². The Morgan fingerprint density at radius 3 is 1.54 bits per heavy atom. The lowest BCUT2D eigenvalue weighted by Crippen LogP contribution is -2.04. The number of furan rings is 1. The molecule has 0 unspecified atom stereocenters. The molecule has 4 aromatic carbocycles. The highest BCUT2D eigenvalue weighted by Gasteiger charge is 2.25. The van der Waals surface area contributed by atoms with Crippen molar-refractivity contribution >= 4 is 44.0 Å². The van der Waals surface area contributed by atoms with E-state index in [0.717, 1.165) is 22.4 Å². The summed E-state index contributed by atoms with van der Waals surface area (Å²) in [7, 11) is 0. The molecule has 0 aliphatic heterocycles. The third-order valence-corrected chi connectivity index (χ3v) is 12.4. The molecule has 2 saturated carbocycles. The van der Waals surface area contributed by atoms with E-state index in [9.17, 15) is 0 Å². The highest BCUT2D eigenvalue weighted by atomic mass is 16.3. The van der Waals surface area contributed by atoms with Crippen molar-refractivity contribution in [3.8, 4) is 39.9 Å². The van der Waals surface area contributed by atoms with Gasteiger partial charge in [0.15, 0.2) is 28.6 Å². The molecule has 7 heteroatoms. The minimum Gasteiger partial charge on any atom is -0.450 e. The summed E-state index contributed by atoms with van der Waals surface area (Å²) >= 11 is 0. The standard InChI is InChI=1S/C49H42N6O/c1-5-13-31(14-6-1)35-21-23-40-38(29-35)39-30-36(32-15-7-2-8-16-32)22-24-41(39)55(40)42-26-28-51-44-43-45(56-46(42)44)37(25-27-50-43)49-53-47(33-17-9-3-10-18-33)52-48(54-49)34-19-11-4-12-20-34/h3-4,9-12,17-32H,1-2,5-8,13-16H2. The van der Waals surface area contributed by atoms with E-state index in [1.54, 1.807) is 6.20 Å². The minimum atomic E-state index is 0.521. The third-order valence-electron chi connectivity index (χ3n) is 12.4. The van der Waals surface area contributed by atoms with Crippen LogP contribution in [0.3, 0.4) is 0 Å². The molecule has 0 bridgehead atoms. The number of pyridine rings is 2. The summed E-state index contributed by atoms with van der Waals surface area (Å²) in [6.07, 6.45) is 16.8. The zero-order valence-corrected chi connectivity index (χ0v) is 31.4. The fraction of sp³-hybridized carbons (Fsp3) is 0.245. The van der Waals surface area contributed by atoms with Gasteiger partial charge in [-0.2, -0.15) is 0 Å². The Balaban J connectivity index is 1.12. The van der Waals surface area contributed by atoms with Crippen LogP contribution in [-0.2, 0) is 0 Å². The van der Waals surface area contributed by atoms with Gasteiger partial charge in [0.1, 0.15) is 11.0 Å². The molecule has 0 N–H and O–H groups in total. The number of hydrogen-bond acceptors (Lipinski definition) is 6. The molecule has 56 heavy (non-hydrogen) atoms. The first-order chi connectivity index (χ1) is 27.8. The van der Waals surface area contributed by atoms with Gasteiger partial charge >= 0.3 is 0 Å². The second-order valence-corrected chi connectivity index (χ2v) is 15.7. The molecule has 9 aromatic rings. The highest BCUT2D eigenvalue weighted by Crippen LogP contribution is 2.43. The van der Waals surface area contributed by atoms with Gasteiger partial charge in [-0.25, -0.2) is 15.0 Å². The van der Waals surface area contributed by atoms with E-state index in [2.05, 4.69) is 47.0 Å². The van der Waals surface area contributed by atoms with Crippen molar-refractivity contribution in [2.45, 2.75) is 76.0 Å². The molecule has 274 valence electrons. The summed E-state index contributed by atoms with van der Waals surface area (Å²) < 4.78 is 9.36. The van der Waals surface area contributed by atoms with Crippen LogP contribution in [-0.4, -0.2) is 29.5 Å². The molecule has 0 atom stereocenters. The van der Waals surface area contributed by atoms with Crippen LogP contribution in [0.4, 0.5) is 0 Å². The lowest BCUT2D eigenvalue weighted by molar-refractivity contribution is 0.444. The summed E-state index contributed by atoms with van der Waals surface area (Å²) in [5.74, 6) is 2.97. The number of hydrogen-bond donors (Lipinski definition) is 0. The third kappa shape index (κ3) is 5.67. The van der Waals surface area contributed by atoms with Crippen molar-refractivity contribution in [2.75, 3.05) is 0 Å². The maximum Gasteiger partial charge on any atom is 0.179 e. The maximum atomic E-state index is 6.97. The normalized spacial score (nSPS) is 15.7. The molecule has 0 radical (unpaired) electrons. The van der Waals surface area contributed by atoms with Crippen molar-refractivity contribution in [1.29, 1.82) is 0 Å². The first kappa shape index (κ1) is 33.2. The lowest BCUT2D eigenvalue weighted by atomic mass is 9.83. The Bertz CT molecular complexity index is 2750. The molecule has 7 nitrogen and oxygen atoms in total. The van der Waals surface area contributed by atoms with Crippen LogP contribution in [0.25, 0.3) is 83.9 Å². The monoisotopic (exact) mass is 730 g/mol. The van der Waals surface area contributed by atoms with E-state index in [1.165, 1.54) is 97.1 Å². The maximum absolute atomic E-state index is 6.97. The van der Waals surface area contributed by atoms with Crippen molar-refractivity contribution in [3.63, 3.8) is 0 Å². The van der Waals surface area contributed by atoms with Gasteiger partial charge in [-0.3, -0.25) is 9.97 Å². The first-order valence-electron chi connectivity index (χ1n) is 20.4. The van der Waals surface area contributed by atoms with Gasteiger partial charge in [-0.05, 0) is 85.0 Å². The average Bonchev–Trinajstić information content (AvgIpc) is 3.83. The molecule has 0 spiro atoms. The fourth-order valence-corrected chi connectivity index (χ4v) is 9.51. The molecule has 2 fully saturated rings. The molecular formula is C49H42N6O. The van der Waals surface area contributed by atoms with Crippen molar-refractivity contribution in [1.82, 2.24) is 29.5 Å². The van der Waals surface area contributed by atoms with E-state index < -0.39 is 0 Å². The van der Waals surface area contributed by atoms with Crippen LogP contribution in [0.15, 0.2) is 126 Å². The number of fused-ring (bicyclic) bond motifs is 6. The Morgan fingerprint density at radius 1 is 0.482 bits per heavy atom. The van der Waals surface area contributed by atoms with E-state index >= 15 is 0 Å². The predicted octanol–water partition coefficient (Wildman–Crippen LogP) is 12.8. The van der Waals surface area contributed by atoms with Gasteiger partial charge in [0.05, 0.1) is 22.3 Å². The van der Waals surface area contributed by atoms with Crippen molar-refractivity contribution < 1.29 is 4.42 Å². The Kier molecular flexibility index (Phi) is 8.18. The summed E-state index contributed by atoms with van der Waals surface area (Å²) in [4.78, 5) is 24.7. The number of rotatable bonds is 6. The summed E-state index contributed by atoms with van der Waals surface area (Å²) in [6.45, 7) is 0. The second kappa shape index (κ2) is 13.8. The molecule has 11 rings (SSSR count). The predicted molar refractivity (Wildman–Crippen MR) is 225 cm³/mol. The van der Waals surface area contributed by atoms with E-state index in [0.29, 0.717) is 51.5 Å². The molecule has 0 amide bonds. The fourth-order valence-electron chi connectivity index (χ4n) is 9.51. The van der Waals surface area contributed by atoms with Crippen LogP contribution in [0.1, 0.15) is 87.2 Å². The first-order valence-corrected chi connectivity index (χ1v) is 20.4. The van der Waals surface area contributed by atoms with Gasteiger partial charge in [0, 0.05) is 34.3 Å². The van der Waals surface area contributed by atoms with E-state index in [4.69, 9.17) is 29.3 Å². The van der Waals surface area contributed by atoms with Crippen LogP contribution < -0.4 is 0 Å². The summed E-state index contributed by atoms with van der Waals surface area (Å²) in [5, 5.41) is 2.63. The molecule has 2 aliphatic carbocycles. The topological polar surface area (TPSA) is 82.5 Å².